The van der Waals surface area contributed by atoms with Crippen LogP contribution >= 0.6 is 0 Å². The van der Waals surface area contributed by atoms with Crippen LogP contribution < -0.4 is 5.32 Å². The van der Waals surface area contributed by atoms with Crippen molar-refractivity contribution in [2.24, 2.45) is 4.99 Å². The molecule has 0 amide bonds. The molecule has 3 aromatic carbocycles. The Hall–Kier alpha value is -2.87. The maximum absolute atomic E-state index is 5.05. The zero-order valence-electron chi connectivity index (χ0n) is 14.9. The van der Waals surface area contributed by atoms with Gasteiger partial charge >= 0.3 is 0 Å². The van der Waals surface area contributed by atoms with Crippen LogP contribution in [0.3, 0.4) is 0 Å². The van der Waals surface area contributed by atoms with Crippen LogP contribution in [0, 0.1) is 0 Å². The highest BCUT2D eigenvalue weighted by Gasteiger charge is 2.30. The molecule has 1 heterocycles. The van der Waals surface area contributed by atoms with Crippen LogP contribution in [0.2, 0.25) is 0 Å². The van der Waals surface area contributed by atoms with E-state index < -0.39 is 0 Å². The first-order valence-electron chi connectivity index (χ1n) is 9.37. The Kier molecular flexibility index (Phi) is 5.11. The number of benzene rings is 3. The number of aliphatic imine (C=N–C) groups is 1. The van der Waals surface area contributed by atoms with Crippen molar-refractivity contribution >= 4 is 5.84 Å². The molecule has 2 nitrogen and oxygen atoms in total. The Labute approximate surface area is 155 Å². The highest BCUT2D eigenvalue weighted by atomic mass is 15.1. The largest absolute Gasteiger partial charge is 0.364 e. The lowest BCUT2D eigenvalue weighted by Crippen LogP contribution is -2.24. The molecule has 2 heteroatoms. The van der Waals surface area contributed by atoms with E-state index in [2.05, 4.69) is 96.3 Å². The molecule has 0 aromatic heterocycles. The summed E-state index contributed by atoms with van der Waals surface area (Å²) in [5.74, 6) is 1.13. The Morgan fingerprint density at radius 3 is 1.88 bits per heavy atom. The summed E-state index contributed by atoms with van der Waals surface area (Å²) >= 11 is 0. The van der Waals surface area contributed by atoms with E-state index in [1.54, 1.807) is 0 Å². The zero-order chi connectivity index (χ0) is 17.6. The molecule has 0 fully saturated rings. The summed E-state index contributed by atoms with van der Waals surface area (Å²) in [4.78, 5) is 5.05. The number of nitrogens with zero attached hydrogens (tertiary/aromatic N) is 1. The summed E-state index contributed by atoms with van der Waals surface area (Å²) in [7, 11) is 0. The van der Waals surface area contributed by atoms with Gasteiger partial charge in [0, 0.05) is 6.42 Å². The Balaban J connectivity index is 1.49. The van der Waals surface area contributed by atoms with Gasteiger partial charge in [0.1, 0.15) is 6.04 Å². The maximum atomic E-state index is 5.05. The Morgan fingerprint density at radius 2 is 1.23 bits per heavy atom. The van der Waals surface area contributed by atoms with E-state index >= 15 is 0 Å². The van der Waals surface area contributed by atoms with Crippen molar-refractivity contribution in [3.8, 4) is 0 Å². The average Bonchev–Trinajstić information content (AvgIpc) is 3.14. The molecular weight excluding hydrogens is 316 g/mol. The molecule has 3 aromatic rings. The molecule has 0 bridgehead atoms. The summed E-state index contributed by atoms with van der Waals surface area (Å²) in [5.41, 5.74) is 3.96. The number of amidine groups is 1. The van der Waals surface area contributed by atoms with Crippen molar-refractivity contribution in [2.75, 3.05) is 0 Å². The minimum atomic E-state index is 0.144. The molecule has 0 saturated carbocycles. The van der Waals surface area contributed by atoms with Crippen LogP contribution in [0.5, 0.6) is 0 Å². The predicted molar refractivity (Wildman–Crippen MR) is 108 cm³/mol. The summed E-state index contributed by atoms with van der Waals surface area (Å²) < 4.78 is 0. The van der Waals surface area contributed by atoms with E-state index in [0.29, 0.717) is 0 Å². The second kappa shape index (κ2) is 8.01. The smallest absolute Gasteiger partial charge is 0.101 e. The molecule has 130 valence electrons. The molecule has 2 atom stereocenters. The van der Waals surface area contributed by atoms with Crippen molar-refractivity contribution in [1.29, 1.82) is 0 Å². The fourth-order valence-corrected chi connectivity index (χ4v) is 3.62. The second-order valence-corrected chi connectivity index (χ2v) is 6.80. The van der Waals surface area contributed by atoms with Crippen molar-refractivity contribution in [1.82, 2.24) is 5.32 Å². The first kappa shape index (κ1) is 16.6. The van der Waals surface area contributed by atoms with Gasteiger partial charge in [-0.1, -0.05) is 91.0 Å². The van der Waals surface area contributed by atoms with Gasteiger partial charge in [0.2, 0.25) is 0 Å². The lowest BCUT2D eigenvalue weighted by atomic mass is 9.95. The molecule has 0 saturated heterocycles. The maximum Gasteiger partial charge on any atom is 0.101 e. The number of nitrogens with one attached hydrogen (secondary N) is 1. The Morgan fingerprint density at radius 1 is 0.654 bits per heavy atom. The van der Waals surface area contributed by atoms with Gasteiger partial charge in [-0.05, 0) is 29.5 Å². The summed E-state index contributed by atoms with van der Waals surface area (Å²) in [6.45, 7) is 0. The minimum absolute atomic E-state index is 0.144. The van der Waals surface area contributed by atoms with Crippen LogP contribution in [0.15, 0.2) is 96.0 Å². The number of hydrogen-bond donors (Lipinski definition) is 1. The molecular formula is C24H24N2. The highest BCUT2D eigenvalue weighted by molar-refractivity contribution is 5.85. The van der Waals surface area contributed by atoms with Gasteiger partial charge in [-0.2, -0.15) is 0 Å². The third-order valence-electron chi connectivity index (χ3n) is 4.95. The molecule has 0 spiro atoms. The van der Waals surface area contributed by atoms with Crippen LogP contribution in [-0.4, -0.2) is 5.84 Å². The van der Waals surface area contributed by atoms with Crippen LogP contribution in [-0.2, 0) is 6.42 Å². The molecule has 1 aliphatic heterocycles. The molecule has 2 unspecified atom stereocenters. The third-order valence-corrected chi connectivity index (χ3v) is 4.95. The average molecular weight is 340 g/mol. The SMILES string of the molecule is c1ccc(CCCC2=NC(c3ccccc3)C(c3ccccc3)N2)cc1. The van der Waals surface area contributed by atoms with E-state index in [0.717, 1.165) is 25.1 Å². The van der Waals surface area contributed by atoms with E-state index in [1.807, 2.05) is 0 Å². The van der Waals surface area contributed by atoms with Crippen molar-refractivity contribution in [2.45, 2.75) is 31.3 Å². The van der Waals surface area contributed by atoms with Crippen LogP contribution in [0.25, 0.3) is 0 Å². The van der Waals surface area contributed by atoms with E-state index in [1.165, 1.54) is 16.7 Å². The number of rotatable bonds is 6. The van der Waals surface area contributed by atoms with Crippen molar-refractivity contribution < 1.29 is 0 Å². The van der Waals surface area contributed by atoms with E-state index in [-0.39, 0.29) is 12.1 Å². The van der Waals surface area contributed by atoms with Gasteiger partial charge in [0.15, 0.2) is 0 Å². The summed E-state index contributed by atoms with van der Waals surface area (Å²) in [5, 5.41) is 3.69. The number of hydrogen-bond acceptors (Lipinski definition) is 2. The van der Waals surface area contributed by atoms with Gasteiger partial charge in [-0.3, -0.25) is 4.99 Å². The molecule has 0 aliphatic carbocycles. The third kappa shape index (κ3) is 3.85. The van der Waals surface area contributed by atoms with E-state index in [9.17, 15) is 0 Å². The van der Waals surface area contributed by atoms with Crippen LogP contribution in [0.1, 0.15) is 41.6 Å². The minimum Gasteiger partial charge on any atom is -0.364 e. The quantitative estimate of drug-likeness (QED) is 0.630. The molecule has 4 rings (SSSR count). The standard InChI is InChI=1S/C24H24N2/c1-4-11-19(12-5-1)13-10-18-22-25-23(20-14-6-2-7-15-20)24(26-22)21-16-8-3-9-17-21/h1-9,11-12,14-17,23-24H,10,13,18H2,(H,25,26). The summed E-state index contributed by atoms with van der Waals surface area (Å²) in [6.07, 6.45) is 3.19. The van der Waals surface area contributed by atoms with Gasteiger partial charge in [0.05, 0.1) is 11.9 Å². The van der Waals surface area contributed by atoms with Gasteiger partial charge in [0.25, 0.3) is 0 Å². The molecule has 26 heavy (non-hydrogen) atoms. The second-order valence-electron chi connectivity index (χ2n) is 6.80. The fourth-order valence-electron chi connectivity index (χ4n) is 3.62. The van der Waals surface area contributed by atoms with Gasteiger partial charge in [-0.15, -0.1) is 0 Å². The normalized spacial score (nSPS) is 19.0. The topological polar surface area (TPSA) is 24.4 Å². The fraction of sp³-hybridized carbons (Fsp3) is 0.208. The Bertz CT molecular complexity index is 841. The van der Waals surface area contributed by atoms with Gasteiger partial charge < -0.3 is 5.32 Å². The zero-order valence-corrected chi connectivity index (χ0v) is 14.9. The van der Waals surface area contributed by atoms with Gasteiger partial charge in [-0.25, -0.2) is 0 Å². The molecule has 1 N–H and O–H groups in total. The first-order chi connectivity index (χ1) is 12.9. The lowest BCUT2D eigenvalue weighted by Gasteiger charge is -2.19. The van der Waals surface area contributed by atoms with Crippen molar-refractivity contribution in [3.63, 3.8) is 0 Å². The molecule has 1 aliphatic rings. The first-order valence-corrected chi connectivity index (χ1v) is 9.37. The summed E-state index contributed by atoms with van der Waals surface area (Å²) in [6, 6.07) is 32.3. The van der Waals surface area contributed by atoms with Crippen LogP contribution in [0.4, 0.5) is 0 Å². The highest BCUT2D eigenvalue weighted by Crippen LogP contribution is 2.36. The molecule has 0 radical (unpaired) electrons. The monoisotopic (exact) mass is 340 g/mol. The lowest BCUT2D eigenvalue weighted by molar-refractivity contribution is 0.571. The predicted octanol–water partition coefficient (Wildman–Crippen LogP) is 5.49. The van der Waals surface area contributed by atoms with E-state index in [4.69, 9.17) is 4.99 Å². The number of aryl methyl sites for hydroxylation is 1. The van der Waals surface area contributed by atoms with Crippen molar-refractivity contribution in [3.05, 3.63) is 108 Å².